The molecule has 2 aromatic carbocycles. The van der Waals surface area contributed by atoms with Gasteiger partial charge < -0.3 is 9.47 Å². The van der Waals surface area contributed by atoms with Gasteiger partial charge in [0.2, 0.25) is 0 Å². The Hall–Kier alpha value is -2.34. The van der Waals surface area contributed by atoms with Crippen LogP contribution in [-0.4, -0.2) is 36.4 Å². The maximum atomic E-state index is 14.1. The molecule has 3 rings (SSSR count). The quantitative estimate of drug-likeness (QED) is 0.735. The Bertz CT molecular complexity index is 680. The third-order valence-corrected chi connectivity index (χ3v) is 5.53. The Morgan fingerprint density at radius 3 is 1.68 bits per heavy atom. The van der Waals surface area contributed by atoms with Gasteiger partial charge in [0, 0.05) is 5.75 Å². The van der Waals surface area contributed by atoms with Crippen molar-refractivity contribution in [2.24, 2.45) is 5.41 Å². The van der Waals surface area contributed by atoms with E-state index in [4.69, 9.17) is 9.47 Å². The second-order valence-corrected chi connectivity index (χ2v) is 6.91. The highest BCUT2D eigenvalue weighted by Gasteiger charge is 2.51. The molecule has 2 aromatic rings. The van der Waals surface area contributed by atoms with Crippen LogP contribution in [0.1, 0.15) is 20.7 Å². The average Bonchev–Trinajstić information content (AvgIpc) is 2.67. The van der Waals surface area contributed by atoms with Crippen molar-refractivity contribution in [3.05, 3.63) is 71.8 Å². The minimum absolute atomic E-state index is 0.128. The Morgan fingerprint density at radius 1 is 0.920 bits per heavy atom. The molecule has 1 unspecified atom stereocenters. The molecule has 6 heteroatoms. The molecular weight excluding hydrogens is 343 g/mol. The van der Waals surface area contributed by atoms with Crippen molar-refractivity contribution >= 4 is 23.7 Å². The molecular formula is C19H17FO4S. The molecule has 4 nitrogen and oxygen atoms in total. The summed E-state index contributed by atoms with van der Waals surface area (Å²) < 4.78 is 24.6. The van der Waals surface area contributed by atoms with Crippen molar-refractivity contribution in [1.82, 2.24) is 0 Å². The van der Waals surface area contributed by atoms with Crippen LogP contribution in [0.3, 0.4) is 0 Å². The van der Waals surface area contributed by atoms with E-state index in [0.717, 1.165) is 11.8 Å². The topological polar surface area (TPSA) is 52.6 Å². The van der Waals surface area contributed by atoms with Crippen molar-refractivity contribution in [1.29, 1.82) is 0 Å². The zero-order chi connectivity index (χ0) is 17.7. The normalized spacial score (nSPS) is 18.0. The number of thioether (sulfide) groups is 1. The summed E-state index contributed by atoms with van der Waals surface area (Å²) in [7, 11) is 0. The third kappa shape index (κ3) is 4.02. The molecule has 1 fully saturated rings. The number of benzene rings is 2. The van der Waals surface area contributed by atoms with E-state index < -0.39 is 22.9 Å². The molecule has 0 saturated carbocycles. The van der Waals surface area contributed by atoms with Crippen LogP contribution in [0.5, 0.6) is 0 Å². The van der Waals surface area contributed by atoms with Crippen LogP contribution in [0.15, 0.2) is 60.7 Å². The smallest absolute Gasteiger partial charge is 0.338 e. The highest BCUT2D eigenvalue weighted by atomic mass is 32.2. The molecule has 0 aliphatic carbocycles. The van der Waals surface area contributed by atoms with E-state index in [1.54, 1.807) is 60.7 Å². The van der Waals surface area contributed by atoms with Gasteiger partial charge in [0.15, 0.2) is 5.50 Å². The van der Waals surface area contributed by atoms with Crippen LogP contribution in [0.4, 0.5) is 4.39 Å². The third-order valence-electron chi connectivity index (χ3n) is 4.00. The first kappa shape index (κ1) is 17.5. The molecule has 0 radical (unpaired) electrons. The largest absolute Gasteiger partial charge is 0.461 e. The summed E-state index contributed by atoms with van der Waals surface area (Å²) in [5.74, 6) is -0.602. The van der Waals surface area contributed by atoms with Gasteiger partial charge in [-0.15, -0.1) is 11.8 Å². The van der Waals surface area contributed by atoms with E-state index in [9.17, 15) is 14.0 Å². The van der Waals surface area contributed by atoms with E-state index in [-0.39, 0.29) is 13.2 Å². The fourth-order valence-electron chi connectivity index (χ4n) is 2.37. The van der Waals surface area contributed by atoms with E-state index in [2.05, 4.69) is 0 Å². The summed E-state index contributed by atoms with van der Waals surface area (Å²) in [6.07, 6.45) is 0. The first-order valence-corrected chi connectivity index (χ1v) is 8.86. The number of rotatable bonds is 6. The summed E-state index contributed by atoms with van der Waals surface area (Å²) in [6.45, 7) is -0.256. The van der Waals surface area contributed by atoms with Crippen molar-refractivity contribution < 1.29 is 23.5 Å². The van der Waals surface area contributed by atoms with Gasteiger partial charge >= 0.3 is 11.9 Å². The molecule has 0 bridgehead atoms. The molecule has 1 heterocycles. The van der Waals surface area contributed by atoms with Crippen LogP contribution in [0.25, 0.3) is 0 Å². The lowest BCUT2D eigenvalue weighted by molar-refractivity contribution is -0.0181. The van der Waals surface area contributed by atoms with Gasteiger partial charge in [0.05, 0.1) is 16.5 Å². The zero-order valence-corrected chi connectivity index (χ0v) is 14.2. The van der Waals surface area contributed by atoms with E-state index in [1.165, 1.54) is 0 Å². The summed E-state index contributed by atoms with van der Waals surface area (Å²) in [6, 6.07) is 17.0. The van der Waals surface area contributed by atoms with Crippen LogP contribution in [0.2, 0.25) is 0 Å². The number of hydrogen-bond acceptors (Lipinski definition) is 5. The standard InChI is InChI=1S/C19H17FO4S/c20-18-19(13-25-18,11-23-16(21)14-7-3-1-4-8-14)12-24-17(22)15-9-5-2-6-10-15/h1-10,18H,11-13H2. The molecule has 130 valence electrons. The molecule has 1 aliphatic rings. The molecule has 0 aromatic heterocycles. The Labute approximate surface area is 149 Å². The summed E-state index contributed by atoms with van der Waals surface area (Å²) in [5, 5.41) is 0. The maximum absolute atomic E-state index is 14.1. The Morgan fingerprint density at radius 2 is 1.36 bits per heavy atom. The fourth-order valence-corrected chi connectivity index (χ4v) is 3.44. The summed E-state index contributed by atoms with van der Waals surface area (Å²) in [4.78, 5) is 24.1. The molecule has 0 spiro atoms. The number of carbonyl (C=O) groups is 2. The van der Waals surface area contributed by atoms with Crippen LogP contribution in [-0.2, 0) is 9.47 Å². The maximum Gasteiger partial charge on any atom is 0.338 e. The summed E-state index contributed by atoms with van der Waals surface area (Å²) >= 11 is 1.11. The molecule has 0 N–H and O–H groups in total. The number of halogens is 1. The zero-order valence-electron chi connectivity index (χ0n) is 13.4. The molecule has 0 amide bonds. The second kappa shape index (κ2) is 7.70. The van der Waals surface area contributed by atoms with E-state index in [0.29, 0.717) is 16.9 Å². The number of esters is 2. The summed E-state index contributed by atoms with van der Waals surface area (Å²) in [5.41, 5.74) is -1.42. The van der Waals surface area contributed by atoms with Crippen LogP contribution >= 0.6 is 11.8 Å². The second-order valence-electron chi connectivity index (χ2n) is 5.87. The molecule has 25 heavy (non-hydrogen) atoms. The van der Waals surface area contributed by atoms with Gasteiger partial charge in [-0.05, 0) is 24.3 Å². The Balaban J connectivity index is 1.58. The van der Waals surface area contributed by atoms with Crippen molar-refractivity contribution in [2.75, 3.05) is 19.0 Å². The lowest BCUT2D eigenvalue weighted by Crippen LogP contribution is -2.50. The minimum Gasteiger partial charge on any atom is -0.461 e. The van der Waals surface area contributed by atoms with Crippen molar-refractivity contribution in [3.8, 4) is 0 Å². The number of hydrogen-bond donors (Lipinski definition) is 0. The first-order chi connectivity index (χ1) is 12.1. The predicted octanol–water partition coefficient (Wildman–Crippen LogP) is 3.73. The first-order valence-electron chi connectivity index (χ1n) is 7.81. The lowest BCUT2D eigenvalue weighted by Gasteiger charge is -2.42. The van der Waals surface area contributed by atoms with Crippen molar-refractivity contribution in [3.63, 3.8) is 0 Å². The average molecular weight is 360 g/mol. The van der Waals surface area contributed by atoms with Crippen molar-refractivity contribution in [2.45, 2.75) is 5.50 Å². The highest BCUT2D eigenvalue weighted by molar-refractivity contribution is 8.01. The number of carbonyl (C=O) groups excluding carboxylic acids is 2. The van der Waals surface area contributed by atoms with Gasteiger partial charge in [-0.25, -0.2) is 14.0 Å². The van der Waals surface area contributed by atoms with E-state index >= 15 is 0 Å². The lowest BCUT2D eigenvalue weighted by atomic mass is 9.93. The minimum atomic E-state index is -1.24. The Kier molecular flexibility index (Phi) is 5.38. The van der Waals surface area contributed by atoms with Gasteiger partial charge in [0.1, 0.15) is 13.2 Å². The highest BCUT2D eigenvalue weighted by Crippen LogP contribution is 2.47. The van der Waals surface area contributed by atoms with E-state index in [1.807, 2.05) is 0 Å². The van der Waals surface area contributed by atoms with Crippen LogP contribution in [0, 0.1) is 5.41 Å². The molecule has 1 atom stereocenters. The number of alkyl halides is 1. The fraction of sp³-hybridized carbons (Fsp3) is 0.263. The van der Waals surface area contributed by atoms with Gasteiger partial charge in [-0.1, -0.05) is 36.4 Å². The molecule has 1 saturated heterocycles. The molecule has 1 aliphatic heterocycles. The monoisotopic (exact) mass is 360 g/mol. The van der Waals surface area contributed by atoms with Crippen LogP contribution < -0.4 is 0 Å². The number of ether oxygens (including phenoxy) is 2. The van der Waals surface area contributed by atoms with Gasteiger partial charge in [-0.3, -0.25) is 0 Å². The predicted molar refractivity (Wildman–Crippen MR) is 93.2 cm³/mol. The van der Waals surface area contributed by atoms with Gasteiger partial charge in [-0.2, -0.15) is 0 Å². The van der Waals surface area contributed by atoms with Gasteiger partial charge in [0.25, 0.3) is 0 Å². The SMILES string of the molecule is O=C(OCC1(COC(=O)c2ccccc2)CSC1F)c1ccccc1.